The van der Waals surface area contributed by atoms with Gasteiger partial charge in [-0.05, 0) is 48.9 Å². The Morgan fingerprint density at radius 2 is 1.89 bits per heavy atom. The number of nitrogens with zero attached hydrogens (tertiary/aromatic N) is 2. The highest BCUT2D eigenvalue weighted by molar-refractivity contribution is 9.10. The summed E-state index contributed by atoms with van der Waals surface area (Å²) in [6, 6.07) is 10.7. The third-order valence-electron chi connectivity index (χ3n) is 4.51. The number of benzene rings is 2. The van der Waals surface area contributed by atoms with Gasteiger partial charge in [-0.25, -0.2) is 4.68 Å². The Labute approximate surface area is 162 Å². The maximum atomic E-state index is 12.8. The lowest BCUT2D eigenvalue weighted by Crippen LogP contribution is -2.07. The number of rotatable bonds is 3. The van der Waals surface area contributed by atoms with E-state index in [2.05, 4.69) is 26.3 Å². The van der Waals surface area contributed by atoms with Gasteiger partial charge in [-0.1, -0.05) is 15.9 Å². The maximum Gasteiger partial charge on any atom is 0.416 e. The molecule has 2 aromatic carbocycles. The van der Waals surface area contributed by atoms with Gasteiger partial charge in [0.1, 0.15) is 17.3 Å². The normalized spacial score (nSPS) is 13.4. The van der Waals surface area contributed by atoms with Gasteiger partial charge in [0.05, 0.1) is 18.4 Å². The minimum absolute atomic E-state index is 0.564. The molecule has 27 heavy (non-hydrogen) atoms. The quantitative estimate of drug-likeness (QED) is 0.604. The molecule has 1 N–H and O–H groups in total. The van der Waals surface area contributed by atoms with Crippen LogP contribution in [0.4, 0.5) is 19.0 Å². The Balaban J connectivity index is 1.84. The van der Waals surface area contributed by atoms with Crippen LogP contribution in [0.25, 0.3) is 16.9 Å². The summed E-state index contributed by atoms with van der Waals surface area (Å²) in [5.41, 5.74) is 2.49. The maximum absolute atomic E-state index is 12.8. The molecule has 0 spiro atoms. The average Bonchev–Trinajstić information content (AvgIpc) is 3.23. The first-order valence-electron chi connectivity index (χ1n) is 8.26. The fraction of sp³-hybridized carbons (Fsp3) is 0.211. The van der Waals surface area contributed by atoms with Gasteiger partial charge >= 0.3 is 6.18 Å². The summed E-state index contributed by atoms with van der Waals surface area (Å²) in [6.45, 7) is 0.747. The van der Waals surface area contributed by atoms with E-state index < -0.39 is 11.7 Å². The Morgan fingerprint density at radius 1 is 1.15 bits per heavy atom. The van der Waals surface area contributed by atoms with E-state index in [0.717, 1.165) is 52.2 Å². The fourth-order valence-corrected chi connectivity index (χ4v) is 3.60. The molecule has 0 aliphatic carbocycles. The summed E-state index contributed by atoms with van der Waals surface area (Å²) in [5, 5.41) is 7.97. The highest BCUT2D eigenvalue weighted by Gasteiger charge is 2.31. The van der Waals surface area contributed by atoms with Crippen molar-refractivity contribution in [1.82, 2.24) is 9.78 Å². The number of ether oxygens (including phenoxy) is 1. The molecular weight excluding hydrogens is 423 g/mol. The summed E-state index contributed by atoms with van der Waals surface area (Å²) in [7, 11) is 1.60. The lowest BCUT2D eigenvalue weighted by molar-refractivity contribution is -0.137. The number of aromatic nitrogens is 2. The standard InChI is InChI=1S/C19H15BrF3N3O/c1-27-16-7-4-12(20)10-15(16)17-14-8-9-24-18(14)26(25-17)13-5-2-11(3-6-13)19(21,22)23/h2-7,10,24H,8-9H2,1H3. The molecule has 4 rings (SSSR count). The molecule has 1 aliphatic rings. The molecule has 0 bridgehead atoms. The topological polar surface area (TPSA) is 39.1 Å². The minimum atomic E-state index is -4.36. The second kappa shape index (κ2) is 6.60. The van der Waals surface area contributed by atoms with Crippen molar-refractivity contribution in [1.29, 1.82) is 0 Å². The molecular formula is C19H15BrF3N3O. The Bertz CT molecular complexity index is 997. The zero-order chi connectivity index (χ0) is 19.2. The van der Waals surface area contributed by atoms with Crippen LogP contribution in [0.15, 0.2) is 46.9 Å². The first kappa shape index (κ1) is 17.9. The molecule has 0 unspecified atom stereocenters. The molecule has 0 saturated heterocycles. The van der Waals surface area contributed by atoms with Crippen LogP contribution < -0.4 is 10.1 Å². The van der Waals surface area contributed by atoms with E-state index in [1.54, 1.807) is 11.8 Å². The molecule has 140 valence electrons. The molecule has 0 atom stereocenters. The molecule has 4 nitrogen and oxygen atoms in total. The highest BCUT2D eigenvalue weighted by atomic mass is 79.9. The van der Waals surface area contributed by atoms with Crippen molar-refractivity contribution in [2.75, 3.05) is 19.0 Å². The fourth-order valence-electron chi connectivity index (χ4n) is 3.23. The van der Waals surface area contributed by atoms with Gasteiger partial charge in [0.2, 0.25) is 0 Å². The van der Waals surface area contributed by atoms with E-state index in [9.17, 15) is 13.2 Å². The molecule has 2 heterocycles. The average molecular weight is 438 g/mol. The largest absolute Gasteiger partial charge is 0.496 e. The van der Waals surface area contributed by atoms with Crippen LogP contribution in [0.2, 0.25) is 0 Å². The van der Waals surface area contributed by atoms with Gasteiger partial charge in [0, 0.05) is 22.1 Å². The number of hydrogen-bond donors (Lipinski definition) is 1. The zero-order valence-corrected chi connectivity index (χ0v) is 15.9. The molecule has 0 amide bonds. The molecule has 0 fully saturated rings. The molecule has 3 aromatic rings. The van der Waals surface area contributed by atoms with Crippen LogP contribution in [0.1, 0.15) is 11.1 Å². The number of nitrogens with one attached hydrogen (secondary N) is 1. The van der Waals surface area contributed by atoms with Crippen LogP contribution in [-0.2, 0) is 12.6 Å². The van der Waals surface area contributed by atoms with E-state index in [1.807, 2.05) is 18.2 Å². The summed E-state index contributed by atoms with van der Waals surface area (Å²) < 4.78 is 46.5. The van der Waals surface area contributed by atoms with Crippen molar-refractivity contribution in [3.63, 3.8) is 0 Å². The van der Waals surface area contributed by atoms with Gasteiger partial charge in [-0.15, -0.1) is 0 Å². The molecule has 0 saturated carbocycles. The van der Waals surface area contributed by atoms with Crippen molar-refractivity contribution in [3.8, 4) is 22.7 Å². The van der Waals surface area contributed by atoms with Gasteiger partial charge < -0.3 is 10.1 Å². The van der Waals surface area contributed by atoms with E-state index in [0.29, 0.717) is 11.4 Å². The Hall–Kier alpha value is -2.48. The predicted molar refractivity (Wildman–Crippen MR) is 100 cm³/mol. The van der Waals surface area contributed by atoms with Crippen LogP contribution in [-0.4, -0.2) is 23.4 Å². The predicted octanol–water partition coefficient (Wildman–Crippen LogP) is 5.30. The van der Waals surface area contributed by atoms with E-state index in [-0.39, 0.29) is 0 Å². The second-order valence-electron chi connectivity index (χ2n) is 6.15. The first-order chi connectivity index (χ1) is 12.9. The number of fused-ring (bicyclic) bond motifs is 1. The van der Waals surface area contributed by atoms with Crippen molar-refractivity contribution in [2.45, 2.75) is 12.6 Å². The monoisotopic (exact) mass is 437 g/mol. The van der Waals surface area contributed by atoms with E-state index >= 15 is 0 Å². The van der Waals surface area contributed by atoms with Crippen molar-refractivity contribution in [2.24, 2.45) is 0 Å². The molecule has 8 heteroatoms. The number of methoxy groups -OCH3 is 1. The smallest absolute Gasteiger partial charge is 0.416 e. The SMILES string of the molecule is COc1ccc(Br)cc1-c1nn(-c2ccc(C(F)(F)F)cc2)c2c1CCN2. The van der Waals surface area contributed by atoms with Gasteiger partial charge in [0.15, 0.2) is 0 Å². The summed E-state index contributed by atoms with van der Waals surface area (Å²) in [4.78, 5) is 0. The lowest BCUT2D eigenvalue weighted by Gasteiger charge is -2.10. The number of anilines is 1. The molecule has 1 aliphatic heterocycles. The molecule has 0 radical (unpaired) electrons. The zero-order valence-electron chi connectivity index (χ0n) is 14.3. The van der Waals surface area contributed by atoms with Gasteiger partial charge in [-0.3, -0.25) is 0 Å². The first-order valence-corrected chi connectivity index (χ1v) is 9.05. The number of hydrogen-bond acceptors (Lipinski definition) is 3. The summed E-state index contributed by atoms with van der Waals surface area (Å²) >= 11 is 3.47. The molecule has 1 aromatic heterocycles. The van der Waals surface area contributed by atoms with Crippen LogP contribution in [0.3, 0.4) is 0 Å². The van der Waals surface area contributed by atoms with E-state index in [1.165, 1.54) is 12.1 Å². The van der Waals surface area contributed by atoms with Crippen molar-refractivity contribution in [3.05, 3.63) is 58.1 Å². The number of alkyl halides is 3. The van der Waals surface area contributed by atoms with Crippen molar-refractivity contribution >= 4 is 21.7 Å². The third-order valence-corrected chi connectivity index (χ3v) is 5.00. The lowest BCUT2D eigenvalue weighted by atomic mass is 10.1. The van der Waals surface area contributed by atoms with Crippen LogP contribution >= 0.6 is 15.9 Å². The van der Waals surface area contributed by atoms with Crippen LogP contribution in [0.5, 0.6) is 5.75 Å². The second-order valence-corrected chi connectivity index (χ2v) is 7.07. The highest BCUT2D eigenvalue weighted by Crippen LogP contribution is 2.40. The van der Waals surface area contributed by atoms with Gasteiger partial charge in [-0.2, -0.15) is 18.3 Å². The Kier molecular flexibility index (Phi) is 4.38. The minimum Gasteiger partial charge on any atom is -0.496 e. The van der Waals surface area contributed by atoms with Crippen LogP contribution in [0, 0.1) is 0 Å². The Morgan fingerprint density at radius 3 is 2.56 bits per heavy atom. The van der Waals surface area contributed by atoms with Gasteiger partial charge in [0.25, 0.3) is 0 Å². The number of halogens is 4. The van der Waals surface area contributed by atoms with E-state index in [4.69, 9.17) is 4.74 Å². The third kappa shape index (κ3) is 3.18. The van der Waals surface area contributed by atoms with Crippen molar-refractivity contribution < 1.29 is 17.9 Å². The summed E-state index contributed by atoms with van der Waals surface area (Å²) in [5.74, 6) is 1.48. The summed E-state index contributed by atoms with van der Waals surface area (Å²) in [6.07, 6.45) is -3.58.